The van der Waals surface area contributed by atoms with Crippen molar-refractivity contribution < 1.29 is 0 Å². The van der Waals surface area contributed by atoms with Gasteiger partial charge in [-0.3, -0.25) is 0 Å². The second-order valence-electron chi connectivity index (χ2n) is 5.04. The fourth-order valence-corrected chi connectivity index (χ4v) is 3.47. The van der Waals surface area contributed by atoms with E-state index >= 15 is 0 Å². The van der Waals surface area contributed by atoms with Crippen LogP contribution in [0, 0.1) is 6.92 Å². The van der Waals surface area contributed by atoms with Gasteiger partial charge in [-0.25, -0.2) is 0 Å². The normalized spacial score (nSPS) is 12.4. The van der Waals surface area contributed by atoms with Crippen molar-refractivity contribution in [3.63, 3.8) is 0 Å². The molecule has 1 unspecified atom stereocenters. The molecule has 2 rings (SSSR count). The Morgan fingerprint density at radius 3 is 2.43 bits per heavy atom. The van der Waals surface area contributed by atoms with Gasteiger partial charge in [0.15, 0.2) is 0 Å². The van der Waals surface area contributed by atoms with Crippen molar-refractivity contribution in [3.05, 3.63) is 67.6 Å². The Kier molecular flexibility index (Phi) is 6.12. The van der Waals surface area contributed by atoms with Crippen molar-refractivity contribution >= 4 is 39.1 Å². The summed E-state index contributed by atoms with van der Waals surface area (Å²) in [6.07, 6.45) is 0.758. The number of likely N-dealkylation sites (N-methyl/N-ethyl adjacent to an activating group) is 1. The lowest BCUT2D eigenvalue weighted by Crippen LogP contribution is -2.23. The first-order valence-electron chi connectivity index (χ1n) is 6.95. The van der Waals surface area contributed by atoms with Gasteiger partial charge in [-0.05, 0) is 49.2 Å². The van der Waals surface area contributed by atoms with Crippen molar-refractivity contribution in [2.24, 2.45) is 0 Å². The molecule has 112 valence electrons. The highest BCUT2D eigenvalue weighted by Crippen LogP contribution is 2.32. The monoisotopic (exact) mass is 385 g/mol. The number of aryl methyl sites for hydroxylation is 1. The summed E-state index contributed by atoms with van der Waals surface area (Å²) in [5, 5.41) is 4.96. The van der Waals surface area contributed by atoms with E-state index in [2.05, 4.69) is 53.3 Å². The molecule has 2 aromatic carbocycles. The topological polar surface area (TPSA) is 12.0 Å². The highest BCUT2D eigenvalue weighted by molar-refractivity contribution is 9.10. The molecule has 21 heavy (non-hydrogen) atoms. The van der Waals surface area contributed by atoms with Crippen LogP contribution in [-0.2, 0) is 6.42 Å². The fourth-order valence-electron chi connectivity index (χ4n) is 2.40. The van der Waals surface area contributed by atoms with Crippen LogP contribution in [0.1, 0.15) is 29.7 Å². The van der Waals surface area contributed by atoms with Crippen molar-refractivity contribution in [1.82, 2.24) is 5.32 Å². The second-order valence-corrected chi connectivity index (χ2v) is 6.71. The van der Waals surface area contributed by atoms with E-state index in [0.29, 0.717) is 10.0 Å². The standard InChI is InChI=1S/C17H18BrCl2N/c1-3-21-17(12-9-11(2)7-8-14(12)18)10-13-15(19)5-4-6-16(13)20/h4-9,17,21H,3,10H2,1-2H3. The molecule has 0 heterocycles. The Hall–Kier alpha value is -0.540. The minimum Gasteiger partial charge on any atom is -0.310 e. The van der Waals surface area contributed by atoms with Crippen LogP contribution in [-0.4, -0.2) is 6.54 Å². The quantitative estimate of drug-likeness (QED) is 0.668. The molecule has 1 nitrogen and oxygen atoms in total. The van der Waals surface area contributed by atoms with Crippen LogP contribution in [0.4, 0.5) is 0 Å². The van der Waals surface area contributed by atoms with Gasteiger partial charge in [0.25, 0.3) is 0 Å². The van der Waals surface area contributed by atoms with Gasteiger partial charge in [-0.1, -0.05) is 69.8 Å². The molecule has 1 atom stereocenters. The summed E-state index contributed by atoms with van der Waals surface area (Å²) in [4.78, 5) is 0. The molecule has 0 saturated heterocycles. The summed E-state index contributed by atoms with van der Waals surface area (Å²) in [5.74, 6) is 0. The average Bonchev–Trinajstić information content (AvgIpc) is 2.44. The van der Waals surface area contributed by atoms with Crippen molar-refractivity contribution in [3.8, 4) is 0 Å². The molecule has 0 aliphatic carbocycles. The molecule has 0 bridgehead atoms. The van der Waals surface area contributed by atoms with E-state index in [1.165, 1.54) is 11.1 Å². The fraction of sp³-hybridized carbons (Fsp3) is 0.294. The predicted octanol–water partition coefficient (Wildman–Crippen LogP) is 5.96. The molecule has 0 aliphatic rings. The summed E-state index contributed by atoms with van der Waals surface area (Å²) in [6, 6.07) is 12.2. The molecule has 0 amide bonds. The second kappa shape index (κ2) is 7.64. The molecule has 2 aromatic rings. The van der Waals surface area contributed by atoms with Gasteiger partial charge in [-0.15, -0.1) is 0 Å². The van der Waals surface area contributed by atoms with E-state index in [4.69, 9.17) is 23.2 Å². The number of benzene rings is 2. The van der Waals surface area contributed by atoms with Gasteiger partial charge in [0, 0.05) is 20.6 Å². The highest BCUT2D eigenvalue weighted by Gasteiger charge is 2.17. The first kappa shape index (κ1) is 16.8. The van der Waals surface area contributed by atoms with Crippen molar-refractivity contribution in [1.29, 1.82) is 0 Å². The first-order valence-corrected chi connectivity index (χ1v) is 8.50. The van der Waals surface area contributed by atoms with E-state index in [9.17, 15) is 0 Å². The number of halogens is 3. The minimum absolute atomic E-state index is 0.168. The largest absolute Gasteiger partial charge is 0.310 e. The van der Waals surface area contributed by atoms with Gasteiger partial charge in [0.05, 0.1) is 0 Å². The Balaban J connectivity index is 2.38. The molecule has 0 radical (unpaired) electrons. The molecule has 0 aromatic heterocycles. The lowest BCUT2D eigenvalue weighted by Gasteiger charge is -2.21. The summed E-state index contributed by atoms with van der Waals surface area (Å²) < 4.78 is 1.10. The van der Waals surface area contributed by atoms with Gasteiger partial charge >= 0.3 is 0 Å². The van der Waals surface area contributed by atoms with Crippen LogP contribution in [0.15, 0.2) is 40.9 Å². The number of hydrogen-bond acceptors (Lipinski definition) is 1. The zero-order chi connectivity index (χ0) is 15.4. The predicted molar refractivity (Wildman–Crippen MR) is 95.5 cm³/mol. The maximum Gasteiger partial charge on any atom is 0.0453 e. The van der Waals surface area contributed by atoms with Crippen LogP contribution < -0.4 is 5.32 Å². The average molecular weight is 387 g/mol. The highest BCUT2D eigenvalue weighted by atomic mass is 79.9. The Morgan fingerprint density at radius 1 is 1.14 bits per heavy atom. The molecule has 0 aliphatic heterocycles. The Morgan fingerprint density at radius 2 is 1.81 bits per heavy atom. The summed E-state index contributed by atoms with van der Waals surface area (Å²) in [7, 11) is 0. The lowest BCUT2D eigenvalue weighted by molar-refractivity contribution is 0.548. The zero-order valence-corrected chi connectivity index (χ0v) is 15.2. The van der Waals surface area contributed by atoms with Crippen LogP contribution in [0.2, 0.25) is 10.0 Å². The lowest BCUT2D eigenvalue weighted by atomic mass is 9.97. The molecule has 1 N–H and O–H groups in total. The number of hydrogen-bond donors (Lipinski definition) is 1. The molecule has 0 fully saturated rings. The first-order chi connectivity index (χ1) is 10.0. The van der Waals surface area contributed by atoms with E-state index in [0.717, 1.165) is 23.0 Å². The van der Waals surface area contributed by atoms with Crippen molar-refractivity contribution in [2.75, 3.05) is 6.54 Å². The molecule has 0 spiro atoms. The van der Waals surface area contributed by atoms with Crippen LogP contribution in [0.25, 0.3) is 0 Å². The number of nitrogens with one attached hydrogen (secondary N) is 1. The molecular weight excluding hydrogens is 369 g/mol. The molecule has 4 heteroatoms. The third kappa shape index (κ3) is 4.23. The third-order valence-electron chi connectivity index (χ3n) is 3.45. The Bertz CT molecular complexity index is 608. The summed E-state index contributed by atoms with van der Waals surface area (Å²) in [5.41, 5.74) is 3.45. The maximum absolute atomic E-state index is 6.31. The van der Waals surface area contributed by atoms with Crippen LogP contribution in [0.5, 0.6) is 0 Å². The Labute approximate surface area is 144 Å². The van der Waals surface area contributed by atoms with Gasteiger partial charge in [0.1, 0.15) is 0 Å². The van der Waals surface area contributed by atoms with Crippen LogP contribution in [0.3, 0.4) is 0 Å². The van der Waals surface area contributed by atoms with Crippen LogP contribution >= 0.6 is 39.1 Å². The number of rotatable bonds is 5. The summed E-state index contributed by atoms with van der Waals surface area (Å²) >= 11 is 16.3. The molecular formula is C17H18BrCl2N. The SMILES string of the molecule is CCNC(Cc1c(Cl)cccc1Cl)c1cc(C)ccc1Br. The van der Waals surface area contributed by atoms with Gasteiger partial charge < -0.3 is 5.32 Å². The van der Waals surface area contributed by atoms with E-state index < -0.39 is 0 Å². The van der Waals surface area contributed by atoms with Crippen molar-refractivity contribution in [2.45, 2.75) is 26.3 Å². The maximum atomic E-state index is 6.31. The minimum atomic E-state index is 0.168. The van der Waals surface area contributed by atoms with E-state index in [1.807, 2.05) is 18.2 Å². The zero-order valence-electron chi connectivity index (χ0n) is 12.1. The summed E-state index contributed by atoms with van der Waals surface area (Å²) in [6.45, 7) is 5.08. The van der Waals surface area contributed by atoms with Gasteiger partial charge in [-0.2, -0.15) is 0 Å². The smallest absolute Gasteiger partial charge is 0.0453 e. The van der Waals surface area contributed by atoms with E-state index in [1.54, 1.807) is 0 Å². The van der Waals surface area contributed by atoms with Gasteiger partial charge in [0.2, 0.25) is 0 Å². The van der Waals surface area contributed by atoms with E-state index in [-0.39, 0.29) is 6.04 Å². The molecule has 0 saturated carbocycles. The third-order valence-corrected chi connectivity index (χ3v) is 4.88.